The van der Waals surface area contributed by atoms with Crippen molar-refractivity contribution in [2.45, 2.75) is 20.4 Å². The number of carbonyl (C=O) groups is 1. The van der Waals surface area contributed by atoms with Crippen molar-refractivity contribution in [1.29, 1.82) is 0 Å². The lowest BCUT2D eigenvalue weighted by Gasteiger charge is -2.15. The van der Waals surface area contributed by atoms with E-state index in [1.54, 1.807) is 28.9 Å². The minimum atomic E-state index is -0.154. The Balaban J connectivity index is 1.75. The van der Waals surface area contributed by atoms with E-state index in [1.165, 1.54) is 0 Å². The fourth-order valence-electron chi connectivity index (χ4n) is 2.36. The summed E-state index contributed by atoms with van der Waals surface area (Å²) in [6.45, 7) is 4.34. The molecule has 0 fully saturated rings. The summed E-state index contributed by atoms with van der Waals surface area (Å²) >= 11 is 0. The molecule has 0 aromatic carbocycles. The Morgan fingerprint density at radius 3 is 2.78 bits per heavy atom. The fraction of sp³-hybridized carbons (Fsp3) is 0.312. The monoisotopic (exact) mass is 313 g/mol. The van der Waals surface area contributed by atoms with Crippen molar-refractivity contribution in [1.82, 2.24) is 24.9 Å². The highest BCUT2D eigenvalue weighted by Crippen LogP contribution is 2.21. The van der Waals surface area contributed by atoms with Gasteiger partial charge in [0.2, 0.25) is 0 Å². The summed E-state index contributed by atoms with van der Waals surface area (Å²) in [7, 11) is 3.63. The highest BCUT2D eigenvalue weighted by atomic mass is 16.3. The molecule has 0 aliphatic carbocycles. The average Bonchev–Trinajstić information content (AvgIpc) is 3.23. The van der Waals surface area contributed by atoms with Gasteiger partial charge < -0.3 is 9.32 Å². The van der Waals surface area contributed by atoms with E-state index in [0.717, 1.165) is 17.0 Å². The van der Waals surface area contributed by atoms with Crippen LogP contribution in [0.25, 0.3) is 11.5 Å². The van der Waals surface area contributed by atoms with Crippen molar-refractivity contribution in [2.75, 3.05) is 7.05 Å². The van der Waals surface area contributed by atoms with Crippen LogP contribution in [0, 0.1) is 13.8 Å². The molecular formula is C16H19N5O2. The molecule has 0 bridgehead atoms. The molecule has 7 nitrogen and oxygen atoms in total. The second-order valence-corrected chi connectivity index (χ2v) is 5.62. The van der Waals surface area contributed by atoms with Gasteiger partial charge in [-0.15, -0.1) is 0 Å². The van der Waals surface area contributed by atoms with Crippen LogP contribution in [0.15, 0.2) is 28.8 Å². The number of rotatable bonds is 4. The number of carbonyl (C=O) groups excluding carboxylic acids is 1. The Kier molecular flexibility index (Phi) is 3.77. The zero-order valence-corrected chi connectivity index (χ0v) is 13.6. The zero-order chi connectivity index (χ0) is 16.6. The maximum absolute atomic E-state index is 12.5. The molecule has 120 valence electrons. The van der Waals surface area contributed by atoms with Crippen LogP contribution in [0.2, 0.25) is 0 Å². The van der Waals surface area contributed by atoms with Gasteiger partial charge >= 0.3 is 0 Å². The van der Waals surface area contributed by atoms with Crippen LogP contribution in [0.1, 0.15) is 27.5 Å². The van der Waals surface area contributed by atoms with Gasteiger partial charge in [-0.1, -0.05) is 0 Å². The van der Waals surface area contributed by atoms with Crippen LogP contribution in [-0.4, -0.2) is 37.8 Å². The van der Waals surface area contributed by atoms with Crippen molar-refractivity contribution in [3.63, 3.8) is 0 Å². The van der Waals surface area contributed by atoms with Crippen LogP contribution in [0.4, 0.5) is 0 Å². The number of hydrogen-bond donors (Lipinski definition) is 1. The van der Waals surface area contributed by atoms with Gasteiger partial charge in [-0.25, -0.2) is 0 Å². The number of furan rings is 1. The predicted molar refractivity (Wildman–Crippen MR) is 84.8 cm³/mol. The molecule has 3 aromatic heterocycles. The summed E-state index contributed by atoms with van der Waals surface area (Å²) in [5.74, 6) is 1.32. The molecule has 0 radical (unpaired) electrons. The summed E-state index contributed by atoms with van der Waals surface area (Å²) in [4.78, 5) is 14.1. The average molecular weight is 313 g/mol. The molecule has 1 N–H and O–H groups in total. The molecule has 0 saturated carbocycles. The predicted octanol–water partition coefficient (Wildman–Crippen LogP) is 2.29. The third kappa shape index (κ3) is 2.90. The third-order valence-corrected chi connectivity index (χ3v) is 3.89. The van der Waals surface area contributed by atoms with Gasteiger partial charge in [0.05, 0.1) is 6.20 Å². The van der Waals surface area contributed by atoms with Gasteiger partial charge in [0.1, 0.15) is 11.5 Å². The van der Waals surface area contributed by atoms with Crippen LogP contribution in [0.5, 0.6) is 0 Å². The molecule has 0 atom stereocenters. The highest BCUT2D eigenvalue weighted by Gasteiger charge is 2.18. The second kappa shape index (κ2) is 5.75. The molecule has 7 heteroatoms. The molecule has 0 aliphatic heterocycles. The van der Waals surface area contributed by atoms with Gasteiger partial charge in [-0.2, -0.15) is 10.2 Å². The lowest BCUT2D eigenvalue weighted by molar-refractivity contribution is 0.0779. The lowest BCUT2D eigenvalue weighted by atomic mass is 10.2. The standard InChI is InChI=1S/C16H19N5O2/c1-10-5-6-15(23-10)13-7-14(19-18-13)16(22)20(3)9-12-8-17-21(4)11(12)2/h5-8H,9H2,1-4H3,(H,18,19). The van der Waals surface area contributed by atoms with E-state index in [-0.39, 0.29) is 5.91 Å². The first-order valence-corrected chi connectivity index (χ1v) is 7.31. The topological polar surface area (TPSA) is 80.0 Å². The number of aryl methyl sites for hydroxylation is 2. The second-order valence-electron chi connectivity index (χ2n) is 5.62. The van der Waals surface area contributed by atoms with E-state index in [1.807, 2.05) is 33.0 Å². The number of H-pyrrole nitrogens is 1. The summed E-state index contributed by atoms with van der Waals surface area (Å²) in [5.41, 5.74) is 3.10. The van der Waals surface area contributed by atoms with Crippen LogP contribution in [0.3, 0.4) is 0 Å². The van der Waals surface area contributed by atoms with Crippen molar-refractivity contribution >= 4 is 5.91 Å². The molecule has 3 aromatic rings. The number of nitrogens with one attached hydrogen (secondary N) is 1. The minimum Gasteiger partial charge on any atom is -0.460 e. The number of hydrogen-bond acceptors (Lipinski definition) is 4. The number of aromatic nitrogens is 4. The first kappa shape index (κ1) is 15.1. The summed E-state index contributed by atoms with van der Waals surface area (Å²) in [6.07, 6.45) is 1.78. The Morgan fingerprint density at radius 1 is 1.39 bits per heavy atom. The van der Waals surface area contributed by atoms with E-state index in [2.05, 4.69) is 15.3 Å². The first-order valence-electron chi connectivity index (χ1n) is 7.31. The normalized spacial score (nSPS) is 11.0. The third-order valence-electron chi connectivity index (χ3n) is 3.89. The van der Waals surface area contributed by atoms with Crippen molar-refractivity contribution < 1.29 is 9.21 Å². The Hall–Kier alpha value is -2.83. The lowest BCUT2D eigenvalue weighted by Crippen LogP contribution is -2.26. The molecule has 3 heterocycles. The van der Waals surface area contributed by atoms with Crippen molar-refractivity contribution in [3.05, 3.63) is 47.1 Å². The first-order chi connectivity index (χ1) is 11.0. The van der Waals surface area contributed by atoms with Crippen LogP contribution < -0.4 is 0 Å². The van der Waals surface area contributed by atoms with Crippen LogP contribution in [-0.2, 0) is 13.6 Å². The maximum Gasteiger partial charge on any atom is 0.274 e. The molecule has 0 saturated heterocycles. The number of amides is 1. The number of nitrogens with zero attached hydrogens (tertiary/aromatic N) is 4. The highest BCUT2D eigenvalue weighted by molar-refractivity contribution is 5.93. The van der Waals surface area contributed by atoms with E-state index < -0.39 is 0 Å². The Labute approximate surface area is 133 Å². The molecular weight excluding hydrogens is 294 g/mol. The van der Waals surface area contributed by atoms with Crippen LogP contribution >= 0.6 is 0 Å². The van der Waals surface area contributed by atoms with Gasteiger partial charge in [-0.3, -0.25) is 14.6 Å². The van der Waals surface area contributed by atoms with Gasteiger partial charge in [0, 0.05) is 38.0 Å². The zero-order valence-electron chi connectivity index (χ0n) is 13.6. The van der Waals surface area contributed by atoms with Gasteiger partial charge in [-0.05, 0) is 26.0 Å². The maximum atomic E-state index is 12.5. The van der Waals surface area contributed by atoms with E-state index >= 15 is 0 Å². The molecule has 0 unspecified atom stereocenters. The van der Waals surface area contributed by atoms with Crippen molar-refractivity contribution in [3.8, 4) is 11.5 Å². The molecule has 1 amide bonds. The summed E-state index contributed by atoms with van der Waals surface area (Å²) in [5, 5.41) is 11.1. The molecule has 0 spiro atoms. The van der Waals surface area contributed by atoms with Crippen molar-refractivity contribution in [2.24, 2.45) is 7.05 Å². The van der Waals surface area contributed by atoms with E-state index in [4.69, 9.17) is 4.42 Å². The quantitative estimate of drug-likeness (QED) is 0.801. The molecule has 0 aliphatic rings. The minimum absolute atomic E-state index is 0.154. The van der Waals surface area contributed by atoms with Gasteiger partial charge in [0.15, 0.2) is 11.5 Å². The summed E-state index contributed by atoms with van der Waals surface area (Å²) < 4.78 is 7.32. The molecule has 23 heavy (non-hydrogen) atoms. The SMILES string of the molecule is Cc1ccc(-c2cc(C(=O)N(C)Cc3cnn(C)c3C)n[nH]2)o1. The number of aromatic amines is 1. The van der Waals surface area contributed by atoms with E-state index in [9.17, 15) is 4.79 Å². The Morgan fingerprint density at radius 2 is 2.17 bits per heavy atom. The Bertz CT molecular complexity index is 842. The smallest absolute Gasteiger partial charge is 0.274 e. The molecule has 3 rings (SSSR count). The van der Waals surface area contributed by atoms with Gasteiger partial charge in [0.25, 0.3) is 5.91 Å². The summed E-state index contributed by atoms with van der Waals surface area (Å²) in [6, 6.07) is 5.42. The largest absolute Gasteiger partial charge is 0.460 e. The fourth-order valence-corrected chi connectivity index (χ4v) is 2.36. The van der Waals surface area contributed by atoms with E-state index in [0.29, 0.717) is 23.7 Å².